The van der Waals surface area contributed by atoms with Gasteiger partial charge in [0.05, 0.1) is 5.02 Å². The summed E-state index contributed by atoms with van der Waals surface area (Å²) >= 11 is 5.97. The first-order valence-corrected chi connectivity index (χ1v) is 8.74. The van der Waals surface area contributed by atoms with Crippen LogP contribution in [0.25, 0.3) is 0 Å². The molecule has 2 fully saturated rings. The quantitative estimate of drug-likeness (QED) is 0.747. The monoisotopic (exact) mass is 309 g/mol. The molecule has 1 aromatic rings. The van der Waals surface area contributed by atoms with E-state index in [1.165, 1.54) is 25.7 Å². The molecule has 0 radical (unpaired) electrons. The zero-order valence-corrected chi connectivity index (χ0v) is 13.5. The second kappa shape index (κ2) is 6.66. The van der Waals surface area contributed by atoms with Crippen LogP contribution in [0.3, 0.4) is 0 Å². The van der Waals surface area contributed by atoms with Crippen molar-refractivity contribution in [3.8, 4) is 0 Å². The zero-order valence-electron chi connectivity index (χ0n) is 12.7. The fourth-order valence-electron chi connectivity index (χ4n) is 4.40. The summed E-state index contributed by atoms with van der Waals surface area (Å²) in [6, 6.07) is 5.49. The number of halogens is 2. The van der Waals surface area contributed by atoms with E-state index in [1.54, 1.807) is 6.07 Å². The van der Waals surface area contributed by atoms with Crippen LogP contribution in [0.4, 0.5) is 4.39 Å². The summed E-state index contributed by atoms with van der Waals surface area (Å²) in [6.07, 6.45) is 7.67. The van der Waals surface area contributed by atoms with E-state index < -0.39 is 0 Å². The molecule has 1 N–H and O–H groups in total. The van der Waals surface area contributed by atoms with Gasteiger partial charge in [0.15, 0.2) is 0 Å². The summed E-state index contributed by atoms with van der Waals surface area (Å²) in [5.41, 5.74) is 0.749. The normalized spacial score (nSPS) is 29.0. The van der Waals surface area contributed by atoms with Gasteiger partial charge in [0.2, 0.25) is 0 Å². The smallest absolute Gasteiger partial charge is 0.146 e. The summed E-state index contributed by atoms with van der Waals surface area (Å²) in [7, 11) is 0. The molecule has 0 heterocycles. The van der Waals surface area contributed by atoms with Crippen molar-refractivity contribution in [2.75, 3.05) is 6.54 Å². The number of nitrogens with one attached hydrogen (secondary N) is 1. The largest absolute Gasteiger partial charge is 0.310 e. The maximum absolute atomic E-state index is 14.4. The van der Waals surface area contributed by atoms with Gasteiger partial charge in [-0.15, -0.1) is 0 Å². The number of rotatable bonds is 6. The van der Waals surface area contributed by atoms with Crippen LogP contribution >= 0.6 is 11.6 Å². The van der Waals surface area contributed by atoms with Crippen LogP contribution in [-0.2, 0) is 0 Å². The van der Waals surface area contributed by atoms with Crippen LogP contribution in [0.2, 0.25) is 5.02 Å². The Kier molecular flexibility index (Phi) is 4.85. The summed E-state index contributed by atoms with van der Waals surface area (Å²) in [4.78, 5) is 0. The number of hydrogen-bond acceptors (Lipinski definition) is 1. The van der Waals surface area contributed by atoms with Gasteiger partial charge in [0, 0.05) is 11.6 Å². The first-order valence-electron chi connectivity index (χ1n) is 8.36. The van der Waals surface area contributed by atoms with Crippen molar-refractivity contribution in [2.45, 2.75) is 51.5 Å². The van der Waals surface area contributed by atoms with Crippen molar-refractivity contribution in [3.63, 3.8) is 0 Å². The van der Waals surface area contributed by atoms with Crippen LogP contribution in [0, 0.1) is 23.6 Å². The van der Waals surface area contributed by atoms with E-state index >= 15 is 0 Å². The van der Waals surface area contributed by atoms with Crippen molar-refractivity contribution >= 4 is 11.6 Å². The molecule has 21 heavy (non-hydrogen) atoms. The predicted octanol–water partition coefficient (Wildman–Crippen LogP) is 5.35. The van der Waals surface area contributed by atoms with E-state index in [0.717, 1.165) is 42.7 Å². The number of hydrogen-bond donors (Lipinski definition) is 1. The lowest BCUT2D eigenvalue weighted by Gasteiger charge is -2.28. The summed E-state index contributed by atoms with van der Waals surface area (Å²) in [6.45, 7) is 3.08. The third-order valence-corrected chi connectivity index (χ3v) is 5.71. The summed E-state index contributed by atoms with van der Waals surface area (Å²) in [5, 5.41) is 3.78. The predicted molar refractivity (Wildman–Crippen MR) is 86.0 cm³/mol. The molecule has 3 heteroatoms. The molecule has 2 bridgehead atoms. The Morgan fingerprint density at radius 1 is 1.33 bits per heavy atom. The lowest BCUT2D eigenvalue weighted by atomic mass is 9.82. The van der Waals surface area contributed by atoms with Gasteiger partial charge in [-0.05, 0) is 62.5 Å². The highest BCUT2D eigenvalue weighted by atomic mass is 35.5. The summed E-state index contributed by atoms with van der Waals surface area (Å²) < 4.78 is 14.4. The number of benzene rings is 1. The molecule has 0 amide bonds. The Morgan fingerprint density at radius 2 is 2.19 bits per heavy atom. The third kappa shape index (κ3) is 3.27. The fourth-order valence-corrected chi connectivity index (χ4v) is 4.58. The van der Waals surface area contributed by atoms with E-state index in [2.05, 4.69) is 12.2 Å². The molecule has 0 aliphatic heterocycles. The molecule has 3 rings (SSSR count). The Morgan fingerprint density at radius 3 is 2.86 bits per heavy atom. The number of fused-ring (bicyclic) bond motifs is 2. The third-order valence-electron chi connectivity index (χ3n) is 5.42. The van der Waals surface area contributed by atoms with Crippen molar-refractivity contribution in [1.82, 2.24) is 5.32 Å². The minimum atomic E-state index is -0.240. The van der Waals surface area contributed by atoms with Crippen LogP contribution in [0.15, 0.2) is 18.2 Å². The van der Waals surface area contributed by atoms with Crippen LogP contribution in [0.1, 0.15) is 57.1 Å². The standard InChI is InChI=1S/C18H25ClFN/c1-2-8-21-17(15-4-3-5-16(19)18(15)20)11-14-10-12-6-7-13(14)9-12/h3-5,12-14,17,21H,2,6-11H2,1H3. The molecule has 2 aliphatic carbocycles. The SMILES string of the molecule is CCCNC(CC1CC2CCC1C2)c1cccc(Cl)c1F. The van der Waals surface area contributed by atoms with Gasteiger partial charge < -0.3 is 5.32 Å². The average Bonchev–Trinajstić information content (AvgIpc) is 3.09. The summed E-state index contributed by atoms with van der Waals surface area (Å²) in [5.74, 6) is 2.34. The molecule has 2 saturated carbocycles. The van der Waals surface area contributed by atoms with Crippen molar-refractivity contribution in [1.29, 1.82) is 0 Å². The highest BCUT2D eigenvalue weighted by Gasteiger charge is 2.40. The maximum atomic E-state index is 14.4. The zero-order chi connectivity index (χ0) is 14.8. The molecular formula is C18H25ClFN. The van der Waals surface area contributed by atoms with Crippen molar-refractivity contribution in [3.05, 3.63) is 34.6 Å². The second-order valence-electron chi connectivity index (χ2n) is 6.82. The highest BCUT2D eigenvalue weighted by Crippen LogP contribution is 2.51. The van der Waals surface area contributed by atoms with Crippen LogP contribution in [0.5, 0.6) is 0 Å². The Bertz CT molecular complexity index is 490. The van der Waals surface area contributed by atoms with Crippen LogP contribution < -0.4 is 5.32 Å². The molecule has 4 atom stereocenters. The van der Waals surface area contributed by atoms with E-state index in [9.17, 15) is 4.39 Å². The molecule has 0 spiro atoms. The molecule has 4 unspecified atom stereocenters. The van der Waals surface area contributed by atoms with Crippen molar-refractivity contribution < 1.29 is 4.39 Å². The van der Waals surface area contributed by atoms with Gasteiger partial charge in [-0.25, -0.2) is 4.39 Å². The molecule has 1 nitrogen and oxygen atoms in total. The van der Waals surface area contributed by atoms with Gasteiger partial charge in [0.25, 0.3) is 0 Å². The molecule has 1 aromatic carbocycles. The van der Waals surface area contributed by atoms with E-state index in [0.29, 0.717) is 0 Å². The topological polar surface area (TPSA) is 12.0 Å². The maximum Gasteiger partial charge on any atom is 0.146 e. The Hall–Kier alpha value is -0.600. The minimum Gasteiger partial charge on any atom is -0.310 e. The highest BCUT2D eigenvalue weighted by molar-refractivity contribution is 6.30. The molecule has 2 aliphatic rings. The van der Waals surface area contributed by atoms with E-state index in [-0.39, 0.29) is 16.9 Å². The lowest BCUT2D eigenvalue weighted by Crippen LogP contribution is -2.27. The van der Waals surface area contributed by atoms with E-state index in [1.807, 2.05) is 12.1 Å². The fraction of sp³-hybridized carbons (Fsp3) is 0.667. The Balaban J connectivity index is 1.75. The first-order chi connectivity index (χ1) is 10.2. The second-order valence-corrected chi connectivity index (χ2v) is 7.23. The lowest BCUT2D eigenvalue weighted by molar-refractivity contribution is 0.276. The Labute approximate surface area is 132 Å². The van der Waals surface area contributed by atoms with E-state index in [4.69, 9.17) is 11.6 Å². The van der Waals surface area contributed by atoms with Gasteiger partial charge in [0.1, 0.15) is 5.82 Å². The van der Waals surface area contributed by atoms with Gasteiger partial charge >= 0.3 is 0 Å². The van der Waals surface area contributed by atoms with Gasteiger partial charge in [-0.3, -0.25) is 0 Å². The minimum absolute atomic E-state index is 0.105. The average molecular weight is 310 g/mol. The molecule has 116 valence electrons. The molecule has 0 saturated heterocycles. The van der Waals surface area contributed by atoms with Crippen molar-refractivity contribution in [2.24, 2.45) is 17.8 Å². The molecular weight excluding hydrogens is 285 g/mol. The molecule has 0 aromatic heterocycles. The first kappa shape index (κ1) is 15.3. The van der Waals surface area contributed by atoms with Crippen LogP contribution in [-0.4, -0.2) is 6.54 Å². The van der Waals surface area contributed by atoms with Gasteiger partial charge in [-0.1, -0.05) is 37.1 Å². The van der Waals surface area contributed by atoms with Gasteiger partial charge in [-0.2, -0.15) is 0 Å².